The fraction of sp³-hybridized carbons (Fsp3) is 0.409. The predicted molar refractivity (Wildman–Crippen MR) is 100 cm³/mol. The summed E-state index contributed by atoms with van der Waals surface area (Å²) in [5.41, 5.74) is 2.64. The molecule has 0 aliphatic carbocycles. The molecule has 3 nitrogen and oxygen atoms in total. The first-order chi connectivity index (χ1) is 12.3. The van der Waals surface area contributed by atoms with Gasteiger partial charge in [0.25, 0.3) is 0 Å². The van der Waals surface area contributed by atoms with Crippen LogP contribution in [0.15, 0.2) is 60.7 Å². The van der Waals surface area contributed by atoms with Crippen molar-refractivity contribution < 1.29 is 9.53 Å². The molecule has 0 radical (unpaired) electrons. The van der Waals surface area contributed by atoms with Crippen LogP contribution in [0, 0.1) is 11.8 Å². The summed E-state index contributed by atoms with van der Waals surface area (Å²) >= 11 is 0. The Hall–Kier alpha value is -2.13. The Bertz CT molecular complexity index is 656. The fourth-order valence-electron chi connectivity index (χ4n) is 3.74. The van der Waals surface area contributed by atoms with Crippen LogP contribution in [0.3, 0.4) is 0 Å². The molecule has 132 valence electrons. The average Bonchev–Trinajstić information content (AvgIpc) is 3.05. The number of likely N-dealkylation sites (tertiary alicyclic amines) is 1. The first kappa shape index (κ1) is 17.7. The van der Waals surface area contributed by atoms with Crippen molar-refractivity contribution in [2.45, 2.75) is 26.3 Å². The highest BCUT2D eigenvalue weighted by Gasteiger charge is 2.38. The minimum Gasteiger partial charge on any atom is -0.466 e. The second-order valence-corrected chi connectivity index (χ2v) is 6.82. The molecule has 0 saturated carbocycles. The normalized spacial score (nSPS) is 20.5. The van der Waals surface area contributed by atoms with E-state index in [-0.39, 0.29) is 11.9 Å². The van der Waals surface area contributed by atoms with Gasteiger partial charge >= 0.3 is 5.97 Å². The van der Waals surface area contributed by atoms with Crippen LogP contribution >= 0.6 is 0 Å². The summed E-state index contributed by atoms with van der Waals surface area (Å²) in [4.78, 5) is 14.8. The third-order valence-corrected chi connectivity index (χ3v) is 5.00. The molecule has 3 heteroatoms. The Balaban J connectivity index is 1.64. The van der Waals surface area contributed by atoms with E-state index in [1.807, 2.05) is 19.1 Å². The van der Waals surface area contributed by atoms with Crippen LogP contribution in [0.4, 0.5) is 0 Å². The summed E-state index contributed by atoms with van der Waals surface area (Å²) in [6.45, 7) is 5.00. The molecule has 3 rings (SSSR count). The van der Waals surface area contributed by atoms with Gasteiger partial charge in [-0.1, -0.05) is 60.7 Å². The van der Waals surface area contributed by atoms with Crippen molar-refractivity contribution in [1.82, 2.24) is 4.90 Å². The molecule has 25 heavy (non-hydrogen) atoms. The van der Waals surface area contributed by atoms with Gasteiger partial charge in [-0.05, 0) is 36.8 Å². The molecule has 2 unspecified atom stereocenters. The van der Waals surface area contributed by atoms with Gasteiger partial charge in [-0.25, -0.2) is 0 Å². The molecule has 2 atom stereocenters. The van der Waals surface area contributed by atoms with Crippen molar-refractivity contribution in [2.75, 3.05) is 19.7 Å². The maximum atomic E-state index is 12.4. The predicted octanol–water partition coefficient (Wildman–Crippen LogP) is 3.93. The number of benzene rings is 2. The third kappa shape index (κ3) is 4.93. The molecule has 1 aliphatic rings. The van der Waals surface area contributed by atoms with Crippen LogP contribution in [-0.4, -0.2) is 30.6 Å². The third-order valence-electron chi connectivity index (χ3n) is 5.00. The number of hydrogen-bond acceptors (Lipinski definition) is 3. The molecule has 1 aliphatic heterocycles. The lowest BCUT2D eigenvalue weighted by molar-refractivity contribution is -0.148. The minimum absolute atomic E-state index is 0.00706. The van der Waals surface area contributed by atoms with Crippen LogP contribution in [0.2, 0.25) is 0 Å². The molecule has 0 bridgehead atoms. The molecule has 1 fully saturated rings. The molecule has 1 saturated heterocycles. The summed E-state index contributed by atoms with van der Waals surface area (Å²) in [5.74, 6) is 0.325. The number of hydrogen-bond donors (Lipinski definition) is 0. The number of rotatable bonds is 7. The van der Waals surface area contributed by atoms with Crippen molar-refractivity contribution in [3.8, 4) is 0 Å². The van der Waals surface area contributed by atoms with Crippen molar-refractivity contribution in [1.29, 1.82) is 0 Å². The Labute approximate surface area is 150 Å². The van der Waals surface area contributed by atoms with E-state index in [0.29, 0.717) is 12.5 Å². The number of ether oxygens (including phenoxy) is 1. The SMILES string of the molecule is CCOC(=O)C1CN(Cc2ccccc2)CC1CCc1ccccc1. The van der Waals surface area contributed by atoms with Crippen molar-refractivity contribution in [3.05, 3.63) is 71.8 Å². The Kier molecular flexibility index (Phi) is 6.24. The zero-order chi connectivity index (χ0) is 17.5. The van der Waals surface area contributed by atoms with Crippen molar-refractivity contribution in [3.63, 3.8) is 0 Å². The number of esters is 1. The van der Waals surface area contributed by atoms with Gasteiger partial charge in [-0.15, -0.1) is 0 Å². The van der Waals surface area contributed by atoms with Crippen LogP contribution in [-0.2, 0) is 22.5 Å². The number of nitrogens with zero attached hydrogens (tertiary/aromatic N) is 1. The first-order valence-corrected chi connectivity index (χ1v) is 9.23. The maximum absolute atomic E-state index is 12.4. The molecule has 0 aromatic heterocycles. The van der Waals surface area contributed by atoms with Crippen molar-refractivity contribution in [2.24, 2.45) is 11.8 Å². The Morgan fingerprint density at radius 1 is 1.00 bits per heavy atom. The van der Waals surface area contributed by atoms with E-state index in [2.05, 4.69) is 53.4 Å². The van der Waals surface area contributed by atoms with Gasteiger partial charge in [0.15, 0.2) is 0 Å². The second-order valence-electron chi connectivity index (χ2n) is 6.82. The number of carbonyl (C=O) groups is 1. The molecular formula is C22H27NO2. The maximum Gasteiger partial charge on any atom is 0.310 e. The minimum atomic E-state index is -0.0314. The van der Waals surface area contributed by atoms with Gasteiger partial charge in [0.05, 0.1) is 12.5 Å². The summed E-state index contributed by atoms with van der Waals surface area (Å²) in [6, 6.07) is 21.0. The van der Waals surface area contributed by atoms with Gasteiger partial charge in [-0.2, -0.15) is 0 Å². The van der Waals surface area contributed by atoms with E-state index in [1.54, 1.807) is 0 Å². The Morgan fingerprint density at radius 2 is 1.64 bits per heavy atom. The molecule has 0 amide bonds. The van der Waals surface area contributed by atoms with Crippen LogP contribution in [0.5, 0.6) is 0 Å². The number of aryl methyl sites for hydroxylation is 1. The first-order valence-electron chi connectivity index (χ1n) is 9.23. The molecule has 0 spiro atoms. The summed E-state index contributed by atoms with van der Waals surface area (Å²) in [7, 11) is 0. The molecule has 0 N–H and O–H groups in total. The molecule has 1 heterocycles. The van der Waals surface area contributed by atoms with E-state index in [1.165, 1.54) is 11.1 Å². The molecule has 2 aromatic rings. The Morgan fingerprint density at radius 3 is 2.28 bits per heavy atom. The second kappa shape index (κ2) is 8.82. The molecule has 2 aromatic carbocycles. The van der Waals surface area contributed by atoms with E-state index >= 15 is 0 Å². The monoisotopic (exact) mass is 337 g/mol. The largest absolute Gasteiger partial charge is 0.466 e. The fourth-order valence-corrected chi connectivity index (χ4v) is 3.74. The van der Waals surface area contributed by atoms with E-state index in [4.69, 9.17) is 4.74 Å². The van der Waals surface area contributed by atoms with Crippen LogP contribution < -0.4 is 0 Å². The van der Waals surface area contributed by atoms with Crippen LogP contribution in [0.25, 0.3) is 0 Å². The molecular weight excluding hydrogens is 310 g/mol. The topological polar surface area (TPSA) is 29.5 Å². The van der Waals surface area contributed by atoms with E-state index in [0.717, 1.165) is 32.5 Å². The van der Waals surface area contributed by atoms with Gasteiger partial charge < -0.3 is 4.74 Å². The van der Waals surface area contributed by atoms with Gasteiger partial charge in [0, 0.05) is 19.6 Å². The highest BCUT2D eigenvalue weighted by molar-refractivity contribution is 5.73. The standard InChI is InChI=1S/C22H27NO2/c1-2-25-22(24)21-17-23(15-19-11-7-4-8-12-19)16-20(21)14-13-18-9-5-3-6-10-18/h3-12,20-21H,2,13-17H2,1H3. The van der Waals surface area contributed by atoms with Gasteiger partial charge in [-0.3, -0.25) is 9.69 Å². The van der Waals surface area contributed by atoms with Gasteiger partial charge in [0.2, 0.25) is 0 Å². The van der Waals surface area contributed by atoms with Crippen molar-refractivity contribution >= 4 is 5.97 Å². The van der Waals surface area contributed by atoms with E-state index in [9.17, 15) is 4.79 Å². The summed E-state index contributed by atoms with van der Waals surface area (Å²) in [6.07, 6.45) is 2.04. The van der Waals surface area contributed by atoms with E-state index < -0.39 is 0 Å². The lowest BCUT2D eigenvalue weighted by Crippen LogP contribution is -2.26. The average molecular weight is 337 g/mol. The summed E-state index contributed by atoms with van der Waals surface area (Å²) < 4.78 is 5.34. The lowest BCUT2D eigenvalue weighted by atomic mass is 9.90. The number of carbonyl (C=O) groups excluding carboxylic acids is 1. The highest BCUT2D eigenvalue weighted by Crippen LogP contribution is 2.30. The zero-order valence-corrected chi connectivity index (χ0v) is 14.9. The zero-order valence-electron chi connectivity index (χ0n) is 14.9. The highest BCUT2D eigenvalue weighted by atomic mass is 16.5. The van der Waals surface area contributed by atoms with Crippen LogP contribution in [0.1, 0.15) is 24.5 Å². The van der Waals surface area contributed by atoms with Gasteiger partial charge in [0.1, 0.15) is 0 Å². The smallest absolute Gasteiger partial charge is 0.310 e. The lowest BCUT2D eigenvalue weighted by Gasteiger charge is -2.16. The quantitative estimate of drug-likeness (QED) is 0.717. The summed E-state index contributed by atoms with van der Waals surface area (Å²) in [5, 5.41) is 0.